The Morgan fingerprint density at radius 2 is 1.86 bits per heavy atom. The van der Waals surface area contributed by atoms with Gasteiger partial charge in [0.1, 0.15) is 0 Å². The van der Waals surface area contributed by atoms with Crippen LogP contribution < -0.4 is 10.6 Å². The van der Waals surface area contributed by atoms with E-state index in [0.717, 1.165) is 22.6 Å². The van der Waals surface area contributed by atoms with Crippen LogP contribution in [0, 0.1) is 5.41 Å². The van der Waals surface area contributed by atoms with Crippen LogP contribution in [-0.2, 0) is 9.59 Å². The molecule has 2 heterocycles. The number of nitrogens with two attached hydrogens (primary N) is 1. The lowest BCUT2D eigenvalue weighted by atomic mass is 9.94. The molecule has 1 aromatic rings. The van der Waals surface area contributed by atoms with E-state index < -0.39 is 0 Å². The number of nitrogens with zero attached hydrogens (tertiary/aromatic N) is 4. The first kappa shape index (κ1) is 17.0. The van der Waals surface area contributed by atoms with Crippen LogP contribution in [0.3, 0.4) is 0 Å². The highest BCUT2D eigenvalue weighted by molar-refractivity contribution is 8.01. The Morgan fingerprint density at radius 3 is 2.41 bits per heavy atom. The van der Waals surface area contributed by atoms with E-state index in [1.807, 2.05) is 25.7 Å². The summed E-state index contributed by atoms with van der Waals surface area (Å²) in [5.41, 5.74) is 4.77. The first-order chi connectivity index (χ1) is 10.3. The summed E-state index contributed by atoms with van der Waals surface area (Å²) in [7, 11) is 0. The fraction of sp³-hybridized carbons (Fsp3) is 0.692. The summed E-state index contributed by atoms with van der Waals surface area (Å²) in [5.74, 6) is 0.0286. The van der Waals surface area contributed by atoms with Crippen molar-refractivity contribution in [2.75, 3.05) is 36.8 Å². The van der Waals surface area contributed by atoms with Gasteiger partial charge in [-0.2, -0.15) is 0 Å². The van der Waals surface area contributed by atoms with Crippen molar-refractivity contribution in [2.45, 2.75) is 25.1 Å². The lowest BCUT2D eigenvalue weighted by molar-refractivity contribution is -0.139. The predicted molar refractivity (Wildman–Crippen MR) is 88.1 cm³/mol. The molecule has 22 heavy (non-hydrogen) atoms. The van der Waals surface area contributed by atoms with Crippen molar-refractivity contribution in [3.05, 3.63) is 0 Å². The number of carbonyl (C=O) groups is 2. The highest BCUT2D eigenvalue weighted by atomic mass is 32.2. The summed E-state index contributed by atoms with van der Waals surface area (Å²) in [6.07, 6.45) is 0. The Bertz CT molecular complexity index is 547. The van der Waals surface area contributed by atoms with Gasteiger partial charge in [-0.25, -0.2) is 0 Å². The second kappa shape index (κ2) is 6.82. The lowest BCUT2D eigenvalue weighted by Crippen LogP contribution is -2.51. The van der Waals surface area contributed by atoms with Crippen molar-refractivity contribution in [3.63, 3.8) is 0 Å². The molecule has 0 spiro atoms. The molecule has 0 saturated carbocycles. The van der Waals surface area contributed by atoms with E-state index in [9.17, 15) is 9.59 Å². The van der Waals surface area contributed by atoms with Crippen LogP contribution in [0.1, 0.15) is 20.8 Å². The van der Waals surface area contributed by atoms with E-state index >= 15 is 0 Å². The van der Waals surface area contributed by atoms with Gasteiger partial charge in [0.15, 0.2) is 4.34 Å². The number of piperazine rings is 1. The molecule has 7 nitrogen and oxygen atoms in total. The maximum atomic E-state index is 12.3. The van der Waals surface area contributed by atoms with Gasteiger partial charge in [-0.1, -0.05) is 43.9 Å². The molecule has 2 N–H and O–H groups in total. The number of primary amides is 1. The molecule has 1 fully saturated rings. The zero-order valence-electron chi connectivity index (χ0n) is 13.0. The van der Waals surface area contributed by atoms with E-state index in [1.54, 1.807) is 0 Å². The third-order valence-electron chi connectivity index (χ3n) is 3.21. The van der Waals surface area contributed by atoms with Gasteiger partial charge < -0.3 is 15.5 Å². The van der Waals surface area contributed by atoms with E-state index in [2.05, 4.69) is 15.1 Å². The number of amides is 2. The van der Waals surface area contributed by atoms with Crippen molar-refractivity contribution in [1.29, 1.82) is 0 Å². The predicted octanol–water partition coefficient (Wildman–Crippen LogP) is 0.810. The summed E-state index contributed by atoms with van der Waals surface area (Å²) in [5, 5.41) is 9.04. The summed E-state index contributed by atoms with van der Waals surface area (Å²) >= 11 is 2.75. The zero-order chi connectivity index (χ0) is 16.3. The van der Waals surface area contributed by atoms with Crippen LogP contribution in [0.4, 0.5) is 5.13 Å². The number of anilines is 1. The third-order valence-corrected chi connectivity index (χ3v) is 5.35. The van der Waals surface area contributed by atoms with Gasteiger partial charge in [0.05, 0.1) is 5.75 Å². The van der Waals surface area contributed by atoms with Gasteiger partial charge in [-0.05, 0) is 0 Å². The van der Waals surface area contributed by atoms with Crippen molar-refractivity contribution in [3.8, 4) is 0 Å². The molecule has 0 aromatic carbocycles. The summed E-state index contributed by atoms with van der Waals surface area (Å²) in [6, 6.07) is 0. The number of carbonyl (C=O) groups excluding carboxylic acids is 2. The zero-order valence-corrected chi connectivity index (χ0v) is 14.7. The van der Waals surface area contributed by atoms with Gasteiger partial charge in [0.25, 0.3) is 0 Å². The number of hydrogen-bond donors (Lipinski definition) is 1. The molecule has 2 amide bonds. The topological polar surface area (TPSA) is 92.4 Å². The average molecular weight is 343 g/mol. The molecular formula is C13H21N5O2S2. The second-order valence-corrected chi connectivity index (χ2v) is 8.31. The standard InChI is InChI=1S/C13H21N5O2S2/c1-13(2,3)10(20)17-4-6-18(7-5-17)11-15-16-12(22-11)21-8-9(14)19/h4-8H2,1-3H3,(H2,14,19). The number of thioether (sulfide) groups is 1. The highest BCUT2D eigenvalue weighted by Gasteiger charge is 2.30. The Morgan fingerprint density at radius 1 is 1.23 bits per heavy atom. The van der Waals surface area contributed by atoms with Crippen LogP contribution in [0.25, 0.3) is 0 Å². The Kier molecular flexibility index (Phi) is 5.28. The van der Waals surface area contributed by atoms with Crippen LogP contribution in [0.15, 0.2) is 4.34 Å². The fourth-order valence-electron chi connectivity index (χ4n) is 2.10. The van der Waals surface area contributed by atoms with Gasteiger partial charge >= 0.3 is 0 Å². The molecule has 0 aliphatic carbocycles. The van der Waals surface area contributed by atoms with Crippen LogP contribution in [0.5, 0.6) is 0 Å². The van der Waals surface area contributed by atoms with Crippen LogP contribution in [0.2, 0.25) is 0 Å². The SMILES string of the molecule is CC(C)(C)C(=O)N1CCN(c2nnc(SCC(N)=O)s2)CC1. The highest BCUT2D eigenvalue weighted by Crippen LogP contribution is 2.29. The quantitative estimate of drug-likeness (QED) is 0.813. The number of hydrogen-bond acceptors (Lipinski definition) is 7. The van der Waals surface area contributed by atoms with E-state index in [0.29, 0.717) is 13.1 Å². The summed E-state index contributed by atoms with van der Waals surface area (Å²) < 4.78 is 0.738. The molecule has 0 radical (unpaired) electrons. The van der Waals surface area contributed by atoms with Crippen molar-refractivity contribution < 1.29 is 9.59 Å². The first-order valence-electron chi connectivity index (χ1n) is 7.06. The molecule has 1 aliphatic rings. The normalized spacial score (nSPS) is 16.0. The van der Waals surface area contributed by atoms with Crippen molar-refractivity contribution in [1.82, 2.24) is 15.1 Å². The fourth-order valence-corrected chi connectivity index (χ4v) is 3.73. The van der Waals surface area contributed by atoms with E-state index in [1.165, 1.54) is 23.1 Å². The maximum Gasteiger partial charge on any atom is 0.228 e. The minimum absolute atomic E-state index is 0.183. The summed E-state index contributed by atoms with van der Waals surface area (Å²) in [4.78, 5) is 27.0. The molecular weight excluding hydrogens is 322 g/mol. The second-order valence-electron chi connectivity index (χ2n) is 6.13. The van der Waals surface area contributed by atoms with Crippen LogP contribution >= 0.6 is 23.1 Å². The Hall–Kier alpha value is -1.35. The van der Waals surface area contributed by atoms with E-state index in [-0.39, 0.29) is 23.0 Å². The monoisotopic (exact) mass is 343 g/mol. The average Bonchev–Trinajstić information content (AvgIpc) is 2.92. The Balaban J connectivity index is 1.89. The first-order valence-corrected chi connectivity index (χ1v) is 8.86. The van der Waals surface area contributed by atoms with Crippen molar-refractivity contribution in [2.24, 2.45) is 11.1 Å². The largest absolute Gasteiger partial charge is 0.369 e. The molecule has 9 heteroatoms. The number of rotatable bonds is 4. The maximum absolute atomic E-state index is 12.3. The van der Waals surface area contributed by atoms with Gasteiger partial charge in [-0.3, -0.25) is 9.59 Å². The molecule has 1 saturated heterocycles. The molecule has 0 bridgehead atoms. The van der Waals surface area contributed by atoms with Crippen LogP contribution in [-0.4, -0.2) is 58.8 Å². The molecule has 2 rings (SSSR count). The van der Waals surface area contributed by atoms with Gasteiger partial charge in [0.2, 0.25) is 16.9 Å². The lowest BCUT2D eigenvalue weighted by Gasteiger charge is -2.37. The molecule has 0 unspecified atom stereocenters. The smallest absolute Gasteiger partial charge is 0.228 e. The summed E-state index contributed by atoms with van der Waals surface area (Å²) in [6.45, 7) is 8.70. The minimum Gasteiger partial charge on any atom is -0.369 e. The van der Waals surface area contributed by atoms with E-state index in [4.69, 9.17) is 5.73 Å². The molecule has 122 valence electrons. The Labute approximate surface area is 138 Å². The minimum atomic E-state index is -0.365. The molecule has 0 atom stereocenters. The van der Waals surface area contributed by atoms with Gasteiger partial charge in [-0.15, -0.1) is 10.2 Å². The number of aromatic nitrogens is 2. The van der Waals surface area contributed by atoms with Crippen molar-refractivity contribution >= 4 is 40.0 Å². The van der Waals surface area contributed by atoms with Gasteiger partial charge in [0, 0.05) is 31.6 Å². The molecule has 1 aliphatic heterocycles. The molecule has 1 aromatic heterocycles. The third kappa shape index (κ3) is 4.33.